The second-order valence-electron chi connectivity index (χ2n) is 8.59. The molecule has 0 aliphatic carbocycles. The van der Waals surface area contributed by atoms with Crippen molar-refractivity contribution >= 4 is 16.8 Å². The van der Waals surface area contributed by atoms with E-state index >= 15 is 0 Å². The lowest BCUT2D eigenvalue weighted by Crippen LogP contribution is -2.67. The average Bonchev–Trinajstić information content (AvgIpc) is 3.10. The molecular formula is C24H27N3O3. The molecule has 1 spiro atoms. The topological polar surface area (TPSA) is 56.6 Å². The number of nitrogens with zero attached hydrogens (tertiary/aromatic N) is 3. The van der Waals surface area contributed by atoms with Crippen molar-refractivity contribution in [3.63, 3.8) is 0 Å². The third-order valence-electron chi connectivity index (χ3n) is 6.24. The van der Waals surface area contributed by atoms with Crippen molar-refractivity contribution in [3.8, 4) is 0 Å². The number of aryl methyl sites for hydroxylation is 2. The summed E-state index contributed by atoms with van der Waals surface area (Å²) in [5.41, 5.74) is 3.55. The van der Waals surface area contributed by atoms with E-state index in [0.717, 1.165) is 40.7 Å². The van der Waals surface area contributed by atoms with Gasteiger partial charge in [0, 0.05) is 48.4 Å². The Labute approximate surface area is 176 Å². The van der Waals surface area contributed by atoms with Gasteiger partial charge in [0.25, 0.3) is 5.91 Å². The number of ether oxygens (including phenoxy) is 2. The SMILES string of the molecule is Cc1cccc(CO[C@H]2CCOC3(C2)CN(C(=O)c2ccc4c(ccn4C)c2)C3)n1. The van der Waals surface area contributed by atoms with Crippen molar-refractivity contribution in [2.75, 3.05) is 19.7 Å². The molecule has 0 radical (unpaired) electrons. The lowest BCUT2D eigenvalue weighted by Gasteiger charge is -2.53. The average molecular weight is 405 g/mol. The summed E-state index contributed by atoms with van der Waals surface area (Å²) >= 11 is 0. The van der Waals surface area contributed by atoms with Crippen molar-refractivity contribution in [2.45, 2.75) is 38.1 Å². The summed E-state index contributed by atoms with van der Waals surface area (Å²) in [4.78, 5) is 19.3. The van der Waals surface area contributed by atoms with Gasteiger partial charge in [0.15, 0.2) is 0 Å². The Morgan fingerprint density at radius 2 is 2.13 bits per heavy atom. The van der Waals surface area contributed by atoms with E-state index in [0.29, 0.717) is 26.3 Å². The molecule has 156 valence electrons. The Balaban J connectivity index is 1.19. The van der Waals surface area contributed by atoms with Crippen LogP contribution in [0.3, 0.4) is 0 Å². The second kappa shape index (κ2) is 7.52. The summed E-state index contributed by atoms with van der Waals surface area (Å²) in [6.45, 7) is 4.43. The van der Waals surface area contributed by atoms with Gasteiger partial charge in [0.05, 0.1) is 31.5 Å². The van der Waals surface area contributed by atoms with Gasteiger partial charge in [0.2, 0.25) is 0 Å². The molecule has 0 saturated carbocycles. The van der Waals surface area contributed by atoms with Gasteiger partial charge in [-0.2, -0.15) is 0 Å². The van der Waals surface area contributed by atoms with E-state index in [-0.39, 0.29) is 17.6 Å². The van der Waals surface area contributed by atoms with Crippen LogP contribution >= 0.6 is 0 Å². The van der Waals surface area contributed by atoms with Gasteiger partial charge < -0.3 is 18.9 Å². The maximum absolute atomic E-state index is 13.0. The number of pyridine rings is 1. The van der Waals surface area contributed by atoms with Crippen LogP contribution in [0, 0.1) is 6.92 Å². The molecule has 30 heavy (non-hydrogen) atoms. The highest BCUT2D eigenvalue weighted by atomic mass is 16.5. The van der Waals surface area contributed by atoms with Crippen LogP contribution in [0.4, 0.5) is 0 Å². The molecule has 2 aromatic heterocycles. The molecule has 0 bridgehead atoms. The van der Waals surface area contributed by atoms with Crippen LogP contribution in [-0.4, -0.2) is 51.8 Å². The van der Waals surface area contributed by atoms with Crippen molar-refractivity contribution in [2.24, 2.45) is 7.05 Å². The number of aromatic nitrogens is 2. The largest absolute Gasteiger partial charge is 0.372 e. The first-order valence-corrected chi connectivity index (χ1v) is 10.5. The van der Waals surface area contributed by atoms with E-state index in [9.17, 15) is 4.79 Å². The predicted molar refractivity (Wildman–Crippen MR) is 114 cm³/mol. The third-order valence-corrected chi connectivity index (χ3v) is 6.24. The first-order valence-electron chi connectivity index (χ1n) is 10.5. The Bertz CT molecular complexity index is 1080. The molecule has 1 atom stereocenters. The molecule has 2 saturated heterocycles. The molecule has 1 aromatic carbocycles. The van der Waals surface area contributed by atoms with Gasteiger partial charge >= 0.3 is 0 Å². The number of likely N-dealkylation sites (tertiary alicyclic amines) is 1. The number of amides is 1. The van der Waals surface area contributed by atoms with Gasteiger partial charge in [-0.3, -0.25) is 9.78 Å². The molecule has 2 fully saturated rings. The lowest BCUT2D eigenvalue weighted by atomic mass is 9.84. The summed E-state index contributed by atoms with van der Waals surface area (Å²) in [6, 6.07) is 13.9. The molecule has 2 aliphatic rings. The molecule has 0 N–H and O–H groups in total. The van der Waals surface area contributed by atoms with Crippen LogP contribution < -0.4 is 0 Å². The molecule has 3 aromatic rings. The summed E-state index contributed by atoms with van der Waals surface area (Å²) in [7, 11) is 2.01. The van der Waals surface area contributed by atoms with Crippen LogP contribution in [0.15, 0.2) is 48.7 Å². The van der Waals surface area contributed by atoms with Crippen molar-refractivity contribution in [1.82, 2.24) is 14.5 Å². The normalized spacial score (nSPS) is 20.5. The third kappa shape index (κ3) is 3.61. The van der Waals surface area contributed by atoms with Crippen LogP contribution in [0.2, 0.25) is 0 Å². The highest BCUT2D eigenvalue weighted by molar-refractivity contribution is 5.98. The standard InChI is InChI=1S/C24H27N3O3/c1-17-4-3-5-20(25-17)14-29-21-9-11-30-24(13-21)15-27(16-24)23(28)19-6-7-22-18(12-19)8-10-26(22)2/h3-8,10,12,21H,9,11,13-16H2,1-2H3/t21-/m0/s1. The Kier molecular flexibility index (Phi) is 4.83. The number of carbonyl (C=O) groups excluding carboxylic acids is 1. The van der Waals surface area contributed by atoms with E-state index in [2.05, 4.69) is 9.55 Å². The number of rotatable bonds is 4. The van der Waals surface area contributed by atoms with Gasteiger partial charge in [-0.1, -0.05) is 6.07 Å². The predicted octanol–water partition coefficient (Wildman–Crippen LogP) is 3.47. The minimum atomic E-state index is -0.268. The molecule has 6 heteroatoms. The van der Waals surface area contributed by atoms with E-state index < -0.39 is 0 Å². The Hall–Kier alpha value is -2.70. The Morgan fingerprint density at radius 3 is 2.97 bits per heavy atom. The van der Waals surface area contributed by atoms with E-state index in [1.54, 1.807) is 0 Å². The van der Waals surface area contributed by atoms with Gasteiger partial charge in [-0.15, -0.1) is 0 Å². The van der Waals surface area contributed by atoms with Crippen LogP contribution in [0.5, 0.6) is 0 Å². The zero-order valence-corrected chi connectivity index (χ0v) is 17.5. The molecule has 4 heterocycles. The van der Waals surface area contributed by atoms with E-state index in [1.807, 2.05) is 67.5 Å². The van der Waals surface area contributed by atoms with Gasteiger partial charge in [0.1, 0.15) is 5.60 Å². The molecular weight excluding hydrogens is 378 g/mol. The highest BCUT2D eigenvalue weighted by Gasteiger charge is 2.49. The molecule has 0 unspecified atom stereocenters. The summed E-state index contributed by atoms with van der Waals surface area (Å²) < 4.78 is 14.3. The number of hydrogen-bond acceptors (Lipinski definition) is 4. The first kappa shape index (κ1) is 19.3. The minimum absolute atomic E-state index is 0.0713. The van der Waals surface area contributed by atoms with Crippen LogP contribution in [-0.2, 0) is 23.1 Å². The first-order chi connectivity index (χ1) is 14.5. The second-order valence-corrected chi connectivity index (χ2v) is 8.59. The fourth-order valence-corrected chi connectivity index (χ4v) is 4.62. The highest BCUT2D eigenvalue weighted by Crippen LogP contribution is 2.36. The monoisotopic (exact) mass is 405 g/mol. The number of benzene rings is 1. The summed E-state index contributed by atoms with van der Waals surface area (Å²) in [5, 5.41) is 1.09. The smallest absolute Gasteiger partial charge is 0.254 e. The Morgan fingerprint density at radius 1 is 1.27 bits per heavy atom. The molecule has 5 rings (SSSR count). The van der Waals surface area contributed by atoms with Crippen molar-refractivity contribution in [3.05, 3.63) is 65.6 Å². The number of fused-ring (bicyclic) bond motifs is 1. The molecule has 1 amide bonds. The quantitative estimate of drug-likeness (QED) is 0.667. The van der Waals surface area contributed by atoms with Crippen molar-refractivity contribution < 1.29 is 14.3 Å². The van der Waals surface area contributed by atoms with Crippen LogP contribution in [0.1, 0.15) is 34.6 Å². The van der Waals surface area contributed by atoms with Gasteiger partial charge in [-0.05, 0) is 49.7 Å². The number of hydrogen-bond donors (Lipinski definition) is 0. The lowest BCUT2D eigenvalue weighted by molar-refractivity contribution is -0.188. The van der Waals surface area contributed by atoms with Crippen molar-refractivity contribution in [1.29, 1.82) is 0 Å². The summed E-state index contributed by atoms with van der Waals surface area (Å²) in [6.07, 6.45) is 3.85. The summed E-state index contributed by atoms with van der Waals surface area (Å²) in [5.74, 6) is 0.0713. The minimum Gasteiger partial charge on any atom is -0.372 e. The van der Waals surface area contributed by atoms with Gasteiger partial charge in [-0.25, -0.2) is 0 Å². The zero-order chi connectivity index (χ0) is 20.7. The molecule has 2 aliphatic heterocycles. The molecule has 6 nitrogen and oxygen atoms in total. The van der Waals surface area contributed by atoms with E-state index in [4.69, 9.17) is 9.47 Å². The maximum Gasteiger partial charge on any atom is 0.254 e. The maximum atomic E-state index is 13.0. The van der Waals surface area contributed by atoms with E-state index in [1.165, 1.54) is 0 Å². The fourth-order valence-electron chi connectivity index (χ4n) is 4.62. The van der Waals surface area contributed by atoms with Crippen LogP contribution in [0.25, 0.3) is 10.9 Å². The number of carbonyl (C=O) groups is 1. The fraction of sp³-hybridized carbons (Fsp3) is 0.417. The zero-order valence-electron chi connectivity index (χ0n) is 17.5.